The quantitative estimate of drug-likeness (QED) is 0.483. The number of anilines is 1. The minimum atomic E-state index is -3.95. The van der Waals surface area contributed by atoms with Crippen LogP contribution in [0.2, 0.25) is 0 Å². The van der Waals surface area contributed by atoms with Crippen LogP contribution in [0.4, 0.5) is 5.69 Å². The number of ether oxygens (including phenoxy) is 1. The van der Waals surface area contributed by atoms with Gasteiger partial charge in [-0.25, -0.2) is 8.42 Å². The Morgan fingerprint density at radius 3 is 2.29 bits per heavy atom. The zero-order chi connectivity index (χ0) is 25.2. The summed E-state index contributed by atoms with van der Waals surface area (Å²) in [7, 11) is -5.82. The van der Waals surface area contributed by atoms with E-state index in [4.69, 9.17) is 4.74 Å². The van der Waals surface area contributed by atoms with E-state index in [2.05, 4.69) is 9.82 Å². The highest BCUT2D eigenvalue weighted by atomic mass is 32.2. The van der Waals surface area contributed by atoms with Gasteiger partial charge >= 0.3 is 0 Å². The van der Waals surface area contributed by atoms with Gasteiger partial charge in [-0.3, -0.25) is 4.72 Å². The molecule has 8 nitrogen and oxygen atoms in total. The molecular formula is C25H27N3O5S2. The van der Waals surface area contributed by atoms with E-state index in [1.54, 1.807) is 43.3 Å². The Hall–Kier alpha value is -3.37. The Labute approximate surface area is 206 Å². The summed E-state index contributed by atoms with van der Waals surface area (Å²) in [5.41, 5.74) is 3.61. The van der Waals surface area contributed by atoms with E-state index in [-0.39, 0.29) is 10.6 Å². The fourth-order valence-electron chi connectivity index (χ4n) is 3.85. The summed E-state index contributed by atoms with van der Waals surface area (Å²) in [4.78, 5) is 0.116. The van der Waals surface area contributed by atoms with Gasteiger partial charge in [0.1, 0.15) is 5.75 Å². The maximum absolute atomic E-state index is 13.6. The largest absolute Gasteiger partial charge is 0.497 e. The first kappa shape index (κ1) is 24.7. The topological polar surface area (TPSA) is 105 Å². The second-order valence-corrected chi connectivity index (χ2v) is 12.0. The minimum absolute atomic E-state index is 0.0299. The number of rotatable bonds is 8. The van der Waals surface area contributed by atoms with Crippen molar-refractivity contribution in [3.8, 4) is 5.75 Å². The molecule has 0 fully saturated rings. The number of sulfonamides is 2. The average Bonchev–Trinajstić information content (AvgIpc) is 3.31. The molecule has 4 rings (SSSR count). The molecule has 1 unspecified atom stereocenters. The number of hydrogen-bond donors (Lipinski definition) is 1. The Balaban J connectivity index is 1.72. The lowest BCUT2D eigenvalue weighted by atomic mass is 9.98. The summed E-state index contributed by atoms with van der Waals surface area (Å²) in [6.45, 7) is 3.52. The summed E-state index contributed by atoms with van der Waals surface area (Å²) < 4.78 is 59.8. The van der Waals surface area contributed by atoms with Crippen LogP contribution in [0.25, 0.3) is 0 Å². The first-order valence-corrected chi connectivity index (χ1v) is 14.2. The van der Waals surface area contributed by atoms with Crippen molar-refractivity contribution in [2.75, 3.05) is 17.6 Å². The van der Waals surface area contributed by atoms with Crippen LogP contribution >= 0.6 is 0 Å². The van der Waals surface area contributed by atoms with Crippen molar-refractivity contribution in [3.63, 3.8) is 0 Å². The molecule has 1 aliphatic heterocycles. The molecule has 1 aliphatic rings. The highest BCUT2D eigenvalue weighted by molar-refractivity contribution is 7.92. The standard InChI is InChI=1S/C25H27N3O5S2/c1-4-34(29,30)27-21-10-8-19(9-11-21)24-17-25(20-7-5-6-18(2)16-20)28(26-24)35(31,32)23-14-12-22(33-3)13-15-23/h5-16,25,27H,4,17H2,1-3H3. The number of hydrazone groups is 1. The lowest BCUT2D eigenvalue weighted by Crippen LogP contribution is -2.27. The van der Waals surface area contributed by atoms with Crippen molar-refractivity contribution in [2.24, 2.45) is 5.10 Å². The second kappa shape index (κ2) is 9.71. The molecule has 1 N–H and O–H groups in total. The van der Waals surface area contributed by atoms with E-state index in [0.29, 0.717) is 23.6 Å². The molecule has 1 heterocycles. The highest BCUT2D eigenvalue weighted by Gasteiger charge is 2.37. The van der Waals surface area contributed by atoms with E-state index < -0.39 is 26.1 Å². The summed E-state index contributed by atoms with van der Waals surface area (Å²) in [6.07, 6.45) is 0.374. The molecule has 3 aromatic rings. The van der Waals surface area contributed by atoms with E-state index in [0.717, 1.165) is 16.7 Å². The van der Waals surface area contributed by atoms with Crippen LogP contribution in [0.15, 0.2) is 82.8 Å². The third-order valence-corrected chi connectivity index (χ3v) is 8.78. The molecular weight excluding hydrogens is 486 g/mol. The molecule has 0 saturated carbocycles. The van der Waals surface area contributed by atoms with Crippen LogP contribution in [0.1, 0.15) is 36.1 Å². The lowest BCUT2D eigenvalue weighted by molar-refractivity contribution is 0.371. The van der Waals surface area contributed by atoms with Gasteiger partial charge < -0.3 is 4.74 Å². The summed E-state index contributed by atoms with van der Waals surface area (Å²) in [5.74, 6) is 0.529. The van der Waals surface area contributed by atoms with E-state index in [9.17, 15) is 16.8 Å². The number of nitrogens with one attached hydrogen (secondary N) is 1. The van der Waals surface area contributed by atoms with Gasteiger partial charge in [0.25, 0.3) is 10.0 Å². The lowest BCUT2D eigenvalue weighted by Gasteiger charge is -2.23. The maximum atomic E-state index is 13.6. The molecule has 0 aromatic heterocycles. The number of benzene rings is 3. The van der Waals surface area contributed by atoms with E-state index in [1.807, 2.05) is 31.2 Å². The van der Waals surface area contributed by atoms with Crippen molar-refractivity contribution < 1.29 is 21.6 Å². The zero-order valence-corrected chi connectivity index (χ0v) is 21.3. The second-order valence-electron chi connectivity index (χ2n) is 8.22. The number of methoxy groups -OCH3 is 1. The first-order chi connectivity index (χ1) is 16.6. The van der Waals surface area contributed by atoms with Crippen LogP contribution < -0.4 is 9.46 Å². The van der Waals surface area contributed by atoms with Gasteiger partial charge in [-0.15, -0.1) is 0 Å². The van der Waals surface area contributed by atoms with Crippen molar-refractivity contribution in [3.05, 3.63) is 89.5 Å². The Morgan fingerprint density at radius 2 is 1.69 bits per heavy atom. The van der Waals surface area contributed by atoms with Gasteiger partial charge in [0.2, 0.25) is 10.0 Å². The SMILES string of the molecule is CCS(=O)(=O)Nc1ccc(C2=NN(S(=O)(=O)c3ccc(OC)cc3)C(c3cccc(C)c3)C2)cc1. The maximum Gasteiger partial charge on any atom is 0.279 e. The predicted molar refractivity (Wildman–Crippen MR) is 137 cm³/mol. The van der Waals surface area contributed by atoms with Crippen LogP contribution in [0.5, 0.6) is 5.75 Å². The normalized spacial score (nSPS) is 16.1. The first-order valence-electron chi connectivity index (χ1n) is 11.1. The summed E-state index contributed by atoms with van der Waals surface area (Å²) in [6, 6.07) is 20.2. The molecule has 3 aromatic carbocycles. The average molecular weight is 514 g/mol. The smallest absolute Gasteiger partial charge is 0.279 e. The zero-order valence-electron chi connectivity index (χ0n) is 19.7. The van der Waals surface area contributed by atoms with E-state index in [1.165, 1.54) is 23.7 Å². The number of hydrogen-bond acceptors (Lipinski definition) is 6. The fourth-order valence-corrected chi connectivity index (χ4v) is 5.92. The Kier molecular flexibility index (Phi) is 6.86. The molecule has 10 heteroatoms. The molecule has 0 amide bonds. The van der Waals surface area contributed by atoms with Gasteiger partial charge in [-0.1, -0.05) is 42.0 Å². The van der Waals surface area contributed by atoms with Crippen LogP contribution in [0, 0.1) is 6.92 Å². The number of nitrogens with zero attached hydrogens (tertiary/aromatic N) is 2. The van der Waals surface area contributed by atoms with Gasteiger partial charge in [0, 0.05) is 12.1 Å². The van der Waals surface area contributed by atoms with Gasteiger partial charge in [-0.05, 0) is 61.4 Å². The molecule has 1 atom stereocenters. The monoisotopic (exact) mass is 513 g/mol. The molecule has 0 radical (unpaired) electrons. The summed E-state index contributed by atoms with van der Waals surface area (Å²) in [5, 5.41) is 4.55. The fraction of sp³-hybridized carbons (Fsp3) is 0.240. The Bertz CT molecular complexity index is 1450. The minimum Gasteiger partial charge on any atom is -0.497 e. The van der Waals surface area contributed by atoms with Crippen molar-refractivity contribution in [2.45, 2.75) is 31.2 Å². The van der Waals surface area contributed by atoms with Gasteiger partial charge in [0.05, 0.1) is 29.5 Å². The Morgan fingerprint density at radius 1 is 1.00 bits per heavy atom. The van der Waals surface area contributed by atoms with Crippen molar-refractivity contribution in [1.82, 2.24) is 4.41 Å². The van der Waals surface area contributed by atoms with Crippen molar-refractivity contribution in [1.29, 1.82) is 0 Å². The summed E-state index contributed by atoms with van der Waals surface area (Å²) >= 11 is 0. The molecule has 0 saturated heterocycles. The third-order valence-electron chi connectivity index (χ3n) is 5.77. The molecule has 0 bridgehead atoms. The molecule has 0 aliphatic carbocycles. The number of aryl methyl sites for hydroxylation is 1. The van der Waals surface area contributed by atoms with Crippen LogP contribution in [-0.4, -0.2) is 39.8 Å². The van der Waals surface area contributed by atoms with E-state index >= 15 is 0 Å². The molecule has 184 valence electrons. The van der Waals surface area contributed by atoms with Crippen LogP contribution in [-0.2, 0) is 20.0 Å². The van der Waals surface area contributed by atoms with Crippen molar-refractivity contribution >= 4 is 31.4 Å². The van der Waals surface area contributed by atoms with Gasteiger partial charge in [-0.2, -0.15) is 17.9 Å². The van der Waals surface area contributed by atoms with Gasteiger partial charge in [0.15, 0.2) is 0 Å². The third kappa shape index (κ3) is 5.33. The predicted octanol–water partition coefficient (Wildman–Crippen LogP) is 4.31. The highest BCUT2D eigenvalue weighted by Crippen LogP contribution is 2.37. The molecule has 0 spiro atoms. The molecule has 35 heavy (non-hydrogen) atoms. The van der Waals surface area contributed by atoms with Crippen LogP contribution in [0.3, 0.4) is 0 Å².